The summed E-state index contributed by atoms with van der Waals surface area (Å²) < 4.78 is 0. The molecule has 1 aliphatic carbocycles. The van der Waals surface area contributed by atoms with Crippen molar-refractivity contribution < 1.29 is 4.79 Å². The van der Waals surface area contributed by atoms with E-state index in [0.29, 0.717) is 18.4 Å². The second-order valence-corrected chi connectivity index (χ2v) is 6.29. The van der Waals surface area contributed by atoms with Gasteiger partial charge in [0.15, 0.2) is 0 Å². The fourth-order valence-electron chi connectivity index (χ4n) is 3.33. The number of hydrogen-bond acceptors (Lipinski definition) is 1. The third kappa shape index (κ3) is 5.94. The predicted molar refractivity (Wildman–Crippen MR) is 78.1 cm³/mol. The Hall–Kier alpha value is -0.570. The van der Waals surface area contributed by atoms with Crippen LogP contribution in [-0.4, -0.2) is 25.0 Å². The summed E-state index contributed by atoms with van der Waals surface area (Å²) in [4.78, 5) is 12.0. The van der Waals surface area contributed by atoms with Crippen molar-refractivity contribution in [2.24, 2.45) is 5.92 Å². The van der Waals surface area contributed by atoms with Crippen LogP contribution in [0.2, 0.25) is 0 Å². The summed E-state index contributed by atoms with van der Waals surface area (Å²) in [5.41, 5.74) is 0. The Morgan fingerprint density at radius 2 is 1.74 bits per heavy atom. The van der Waals surface area contributed by atoms with Crippen molar-refractivity contribution in [3.63, 3.8) is 0 Å². The van der Waals surface area contributed by atoms with Crippen molar-refractivity contribution in [3.05, 3.63) is 0 Å². The van der Waals surface area contributed by atoms with Gasteiger partial charge in [-0.25, -0.2) is 5.32 Å². The Kier molecular flexibility index (Phi) is 6.69. The highest BCUT2D eigenvalue weighted by atomic mass is 16.1. The molecule has 0 spiro atoms. The first-order valence-corrected chi connectivity index (χ1v) is 8.27. The predicted octanol–water partition coefficient (Wildman–Crippen LogP) is 3.01. The standard InChI is InChI=1S/C16H29N2O/c19-16(11-10-14-7-6-12-17-13-14)18-15-8-4-2-1-3-5-9-15/h14-15H,1-13H2,(H,18,19). The van der Waals surface area contributed by atoms with Gasteiger partial charge in [-0.15, -0.1) is 0 Å². The minimum absolute atomic E-state index is 0.274. The molecule has 1 radical (unpaired) electrons. The minimum atomic E-state index is 0.274. The summed E-state index contributed by atoms with van der Waals surface area (Å²) >= 11 is 0. The molecule has 1 unspecified atom stereocenters. The number of piperidine rings is 1. The van der Waals surface area contributed by atoms with Crippen molar-refractivity contribution in [1.82, 2.24) is 10.6 Å². The molecule has 0 bridgehead atoms. The van der Waals surface area contributed by atoms with E-state index in [1.54, 1.807) is 0 Å². The zero-order valence-corrected chi connectivity index (χ0v) is 12.2. The molecule has 109 valence electrons. The van der Waals surface area contributed by atoms with E-state index in [9.17, 15) is 4.79 Å². The number of rotatable bonds is 4. The van der Waals surface area contributed by atoms with Gasteiger partial charge < -0.3 is 5.32 Å². The second-order valence-electron chi connectivity index (χ2n) is 6.29. The van der Waals surface area contributed by atoms with Crippen molar-refractivity contribution in [1.29, 1.82) is 0 Å². The fourth-order valence-corrected chi connectivity index (χ4v) is 3.33. The van der Waals surface area contributed by atoms with Crippen LogP contribution in [0.15, 0.2) is 0 Å². The zero-order chi connectivity index (χ0) is 13.3. The molecular weight excluding hydrogens is 236 g/mol. The van der Waals surface area contributed by atoms with E-state index in [1.807, 2.05) is 0 Å². The lowest BCUT2D eigenvalue weighted by atomic mass is 9.94. The summed E-state index contributed by atoms with van der Waals surface area (Å²) in [6.07, 6.45) is 13.2. The van der Waals surface area contributed by atoms with Gasteiger partial charge in [0, 0.05) is 25.6 Å². The zero-order valence-electron chi connectivity index (χ0n) is 12.2. The number of hydrogen-bond donors (Lipinski definition) is 1. The summed E-state index contributed by atoms with van der Waals surface area (Å²) in [5, 5.41) is 7.70. The smallest absolute Gasteiger partial charge is 0.220 e. The van der Waals surface area contributed by atoms with E-state index in [-0.39, 0.29) is 5.91 Å². The van der Waals surface area contributed by atoms with Gasteiger partial charge in [-0.1, -0.05) is 32.1 Å². The normalized spacial score (nSPS) is 26.4. The van der Waals surface area contributed by atoms with Gasteiger partial charge in [0.05, 0.1) is 0 Å². The van der Waals surface area contributed by atoms with E-state index in [2.05, 4.69) is 10.6 Å². The first-order valence-electron chi connectivity index (χ1n) is 8.27. The van der Waals surface area contributed by atoms with E-state index in [4.69, 9.17) is 0 Å². The lowest BCUT2D eigenvalue weighted by molar-refractivity contribution is -0.122. The average Bonchev–Trinajstić information content (AvgIpc) is 2.41. The fraction of sp³-hybridized carbons (Fsp3) is 0.938. The van der Waals surface area contributed by atoms with Gasteiger partial charge in [0.1, 0.15) is 0 Å². The second kappa shape index (κ2) is 8.57. The molecule has 2 aliphatic rings. The number of nitrogens with one attached hydrogen (secondary N) is 1. The topological polar surface area (TPSA) is 43.2 Å². The van der Waals surface area contributed by atoms with Gasteiger partial charge in [-0.2, -0.15) is 0 Å². The van der Waals surface area contributed by atoms with Crippen LogP contribution in [0.4, 0.5) is 0 Å². The van der Waals surface area contributed by atoms with Gasteiger partial charge >= 0.3 is 0 Å². The molecule has 2 fully saturated rings. The van der Waals surface area contributed by atoms with Gasteiger partial charge in [-0.05, 0) is 38.0 Å². The molecule has 0 aromatic rings. The third-order valence-electron chi connectivity index (χ3n) is 4.57. The minimum Gasteiger partial charge on any atom is -0.353 e. The first kappa shape index (κ1) is 14.8. The molecule has 1 N–H and O–H groups in total. The summed E-state index contributed by atoms with van der Waals surface area (Å²) in [6, 6.07) is 0.448. The molecule has 3 heteroatoms. The van der Waals surface area contributed by atoms with Crippen LogP contribution < -0.4 is 10.6 Å². The molecule has 1 saturated heterocycles. The third-order valence-corrected chi connectivity index (χ3v) is 4.57. The van der Waals surface area contributed by atoms with Crippen molar-refractivity contribution in [2.75, 3.05) is 13.1 Å². The molecule has 2 rings (SSSR count). The Morgan fingerprint density at radius 1 is 1.00 bits per heavy atom. The summed E-state index contributed by atoms with van der Waals surface area (Å²) in [7, 11) is 0. The lowest BCUT2D eigenvalue weighted by Crippen LogP contribution is -2.35. The van der Waals surface area contributed by atoms with Crippen LogP contribution in [0, 0.1) is 5.92 Å². The number of carbonyl (C=O) groups is 1. The van der Waals surface area contributed by atoms with Crippen molar-refractivity contribution in [2.45, 2.75) is 76.7 Å². The van der Waals surface area contributed by atoms with Crippen molar-refractivity contribution in [3.8, 4) is 0 Å². The molecule has 0 aromatic carbocycles. The van der Waals surface area contributed by atoms with Gasteiger partial charge in [0.25, 0.3) is 0 Å². The number of nitrogens with zero attached hydrogens (tertiary/aromatic N) is 1. The maximum Gasteiger partial charge on any atom is 0.220 e. The number of amides is 1. The highest BCUT2D eigenvalue weighted by molar-refractivity contribution is 5.76. The van der Waals surface area contributed by atoms with E-state index in [1.165, 1.54) is 57.8 Å². The molecular formula is C16H29N2O. The average molecular weight is 265 g/mol. The maximum absolute atomic E-state index is 12.0. The Balaban J connectivity index is 1.61. The van der Waals surface area contributed by atoms with Gasteiger partial charge in [0.2, 0.25) is 5.91 Å². The van der Waals surface area contributed by atoms with Crippen LogP contribution in [-0.2, 0) is 4.79 Å². The SMILES string of the molecule is O=C(CCC1CCC[N]C1)NC1CCCCCCC1. The first-order chi connectivity index (χ1) is 9.34. The molecule has 1 heterocycles. The van der Waals surface area contributed by atoms with Crippen molar-refractivity contribution >= 4 is 5.91 Å². The molecule has 1 amide bonds. The Morgan fingerprint density at radius 3 is 2.42 bits per heavy atom. The largest absolute Gasteiger partial charge is 0.353 e. The molecule has 19 heavy (non-hydrogen) atoms. The Bertz CT molecular complexity index is 253. The quantitative estimate of drug-likeness (QED) is 0.834. The molecule has 1 saturated carbocycles. The van der Waals surface area contributed by atoms with Gasteiger partial charge in [-0.3, -0.25) is 4.79 Å². The van der Waals surface area contributed by atoms with E-state index in [0.717, 1.165) is 19.5 Å². The Labute approximate surface area is 117 Å². The monoisotopic (exact) mass is 265 g/mol. The molecule has 1 atom stereocenters. The lowest BCUT2D eigenvalue weighted by Gasteiger charge is -2.23. The van der Waals surface area contributed by atoms with E-state index >= 15 is 0 Å². The highest BCUT2D eigenvalue weighted by Gasteiger charge is 2.17. The van der Waals surface area contributed by atoms with Crippen LogP contribution in [0.1, 0.15) is 70.6 Å². The summed E-state index contributed by atoms with van der Waals surface area (Å²) in [5.74, 6) is 0.938. The van der Waals surface area contributed by atoms with Crippen LogP contribution in [0.5, 0.6) is 0 Å². The molecule has 1 aliphatic heterocycles. The van der Waals surface area contributed by atoms with E-state index < -0.39 is 0 Å². The maximum atomic E-state index is 12.0. The highest BCUT2D eigenvalue weighted by Crippen LogP contribution is 2.19. The molecule has 3 nitrogen and oxygen atoms in total. The van der Waals surface area contributed by atoms with Crippen LogP contribution >= 0.6 is 0 Å². The van der Waals surface area contributed by atoms with Crippen LogP contribution in [0.3, 0.4) is 0 Å². The number of carbonyl (C=O) groups excluding carboxylic acids is 1. The summed E-state index contributed by atoms with van der Waals surface area (Å²) in [6.45, 7) is 2.02. The molecule has 0 aromatic heterocycles. The van der Waals surface area contributed by atoms with Crippen LogP contribution in [0.25, 0.3) is 0 Å².